The summed E-state index contributed by atoms with van der Waals surface area (Å²) in [5, 5.41) is 1.40. The second-order valence-electron chi connectivity index (χ2n) is 6.38. The molecular formula is C18H22N2O4S. The van der Waals surface area contributed by atoms with Gasteiger partial charge in [0, 0.05) is 12.4 Å². The molecule has 2 atom stereocenters. The molecule has 0 bridgehead atoms. The molecule has 3 heterocycles. The first kappa shape index (κ1) is 17.0. The Labute approximate surface area is 150 Å². The van der Waals surface area contributed by atoms with Gasteiger partial charge >= 0.3 is 0 Å². The number of thioether (sulfide) groups is 1. The number of hydrogen-bond acceptors (Lipinski definition) is 6. The van der Waals surface area contributed by atoms with E-state index < -0.39 is 0 Å². The molecular weight excluding hydrogens is 340 g/mol. The van der Waals surface area contributed by atoms with Gasteiger partial charge in [-0.25, -0.2) is 4.98 Å². The minimum atomic E-state index is 0.0106. The van der Waals surface area contributed by atoms with Crippen LogP contribution in [0.2, 0.25) is 0 Å². The minimum Gasteiger partial charge on any atom is -0.376 e. The van der Waals surface area contributed by atoms with Crippen LogP contribution in [-0.2, 0) is 20.8 Å². The predicted octanol–water partition coefficient (Wildman–Crippen LogP) is 2.43. The van der Waals surface area contributed by atoms with Crippen molar-refractivity contribution in [1.82, 2.24) is 9.55 Å². The van der Waals surface area contributed by atoms with E-state index in [2.05, 4.69) is 0 Å². The number of fused-ring (bicyclic) bond motifs is 1. The molecule has 0 amide bonds. The summed E-state index contributed by atoms with van der Waals surface area (Å²) in [5.41, 5.74) is 0.753. The van der Waals surface area contributed by atoms with Crippen LogP contribution in [0.4, 0.5) is 0 Å². The molecule has 0 saturated carbocycles. The average molecular weight is 362 g/mol. The third-order valence-electron chi connectivity index (χ3n) is 4.61. The summed E-state index contributed by atoms with van der Waals surface area (Å²) in [6.07, 6.45) is 3.15. The molecule has 2 aliphatic heterocycles. The topological polar surface area (TPSA) is 62.6 Å². The van der Waals surface area contributed by atoms with Crippen LogP contribution in [-0.4, -0.2) is 47.5 Å². The lowest BCUT2D eigenvalue weighted by atomic mass is 10.2. The molecule has 1 aromatic carbocycles. The van der Waals surface area contributed by atoms with E-state index in [0.29, 0.717) is 18.7 Å². The van der Waals surface area contributed by atoms with Gasteiger partial charge in [-0.2, -0.15) is 0 Å². The number of rotatable bonds is 5. The van der Waals surface area contributed by atoms with Crippen LogP contribution in [0.25, 0.3) is 10.9 Å². The van der Waals surface area contributed by atoms with Crippen molar-refractivity contribution in [2.45, 2.75) is 43.2 Å². The Morgan fingerprint density at radius 1 is 1.16 bits per heavy atom. The fourth-order valence-corrected chi connectivity index (χ4v) is 4.29. The molecule has 0 unspecified atom stereocenters. The van der Waals surface area contributed by atoms with Gasteiger partial charge in [0.05, 0.1) is 36.3 Å². The zero-order valence-corrected chi connectivity index (χ0v) is 14.9. The molecule has 0 aliphatic carbocycles. The van der Waals surface area contributed by atoms with Gasteiger partial charge in [0.1, 0.15) is 6.79 Å². The Morgan fingerprint density at radius 2 is 2.08 bits per heavy atom. The summed E-state index contributed by atoms with van der Waals surface area (Å²) in [7, 11) is 0. The number of para-hydroxylation sites is 1. The van der Waals surface area contributed by atoms with Crippen LogP contribution in [0, 0.1) is 0 Å². The summed E-state index contributed by atoms with van der Waals surface area (Å²) in [4.78, 5) is 17.7. The highest BCUT2D eigenvalue weighted by Gasteiger charge is 2.21. The van der Waals surface area contributed by atoms with Crippen molar-refractivity contribution in [3.05, 3.63) is 34.6 Å². The normalized spacial score (nSPS) is 24.0. The van der Waals surface area contributed by atoms with E-state index in [4.69, 9.17) is 19.2 Å². The Morgan fingerprint density at radius 3 is 2.88 bits per heavy atom. The van der Waals surface area contributed by atoms with E-state index in [9.17, 15) is 4.79 Å². The van der Waals surface area contributed by atoms with Gasteiger partial charge < -0.3 is 14.2 Å². The van der Waals surface area contributed by atoms with Crippen LogP contribution < -0.4 is 5.56 Å². The van der Waals surface area contributed by atoms with Crippen molar-refractivity contribution >= 4 is 22.7 Å². The predicted molar refractivity (Wildman–Crippen MR) is 96.0 cm³/mol. The Hall–Kier alpha value is -1.41. The smallest absolute Gasteiger partial charge is 0.262 e. The highest BCUT2D eigenvalue weighted by atomic mass is 32.2. The molecule has 0 radical (unpaired) electrons. The van der Waals surface area contributed by atoms with Crippen LogP contribution >= 0.6 is 11.8 Å². The standard InChI is InChI=1S/C18H22N2O4S/c21-17-15-5-1-2-6-16(15)19-18(20(17)10-13-4-3-8-23-13)25-11-14-7-9-22-12-24-14/h1-2,5-6,13-14H,3-4,7-12H2/t13-,14+/m0/s1. The SMILES string of the molecule is O=c1c2ccccc2nc(SC[C@H]2CCOCO2)n1C[C@@H]1CCCO1. The number of benzene rings is 1. The maximum Gasteiger partial charge on any atom is 0.262 e. The van der Waals surface area contributed by atoms with Gasteiger partial charge in [0.15, 0.2) is 5.16 Å². The molecule has 0 spiro atoms. The van der Waals surface area contributed by atoms with Crippen LogP contribution in [0.1, 0.15) is 19.3 Å². The van der Waals surface area contributed by atoms with Crippen LogP contribution in [0.5, 0.6) is 0 Å². The maximum atomic E-state index is 13.0. The third kappa shape index (κ3) is 3.89. The first-order valence-electron chi connectivity index (χ1n) is 8.74. The van der Waals surface area contributed by atoms with Gasteiger partial charge in [0.25, 0.3) is 5.56 Å². The lowest BCUT2D eigenvalue weighted by Gasteiger charge is -2.23. The highest BCUT2D eigenvalue weighted by Crippen LogP contribution is 2.23. The summed E-state index contributed by atoms with van der Waals surface area (Å²) in [6, 6.07) is 7.52. The van der Waals surface area contributed by atoms with Gasteiger partial charge in [0.2, 0.25) is 0 Å². The van der Waals surface area contributed by atoms with E-state index in [1.807, 2.05) is 24.3 Å². The Kier molecular flexibility index (Phi) is 5.36. The number of ether oxygens (including phenoxy) is 3. The van der Waals surface area contributed by atoms with Gasteiger partial charge in [-0.15, -0.1) is 0 Å². The first-order chi connectivity index (χ1) is 12.3. The Balaban J connectivity index is 1.63. The molecule has 2 fully saturated rings. The van der Waals surface area contributed by atoms with Crippen molar-refractivity contribution in [3.63, 3.8) is 0 Å². The zero-order valence-electron chi connectivity index (χ0n) is 14.1. The second-order valence-corrected chi connectivity index (χ2v) is 7.36. The largest absolute Gasteiger partial charge is 0.376 e. The summed E-state index contributed by atoms with van der Waals surface area (Å²) in [5.74, 6) is 0.764. The summed E-state index contributed by atoms with van der Waals surface area (Å²) < 4.78 is 18.3. The highest BCUT2D eigenvalue weighted by molar-refractivity contribution is 7.99. The van der Waals surface area contributed by atoms with Crippen LogP contribution in [0.15, 0.2) is 34.2 Å². The average Bonchev–Trinajstić information content (AvgIpc) is 3.17. The van der Waals surface area contributed by atoms with Crippen molar-refractivity contribution in [2.24, 2.45) is 0 Å². The van der Waals surface area contributed by atoms with E-state index in [1.165, 1.54) is 0 Å². The molecule has 0 N–H and O–H groups in total. The third-order valence-corrected chi connectivity index (χ3v) is 5.71. The molecule has 2 saturated heterocycles. The molecule has 6 nitrogen and oxygen atoms in total. The molecule has 7 heteroatoms. The van der Waals surface area contributed by atoms with E-state index in [1.54, 1.807) is 16.3 Å². The molecule has 4 rings (SSSR count). The van der Waals surface area contributed by atoms with Crippen molar-refractivity contribution in [2.75, 3.05) is 25.8 Å². The first-order valence-corrected chi connectivity index (χ1v) is 9.73. The second kappa shape index (κ2) is 7.86. The maximum absolute atomic E-state index is 13.0. The van der Waals surface area contributed by atoms with Gasteiger partial charge in [-0.3, -0.25) is 9.36 Å². The molecule has 134 valence electrons. The van der Waals surface area contributed by atoms with Crippen molar-refractivity contribution in [3.8, 4) is 0 Å². The van der Waals surface area contributed by atoms with E-state index >= 15 is 0 Å². The fourth-order valence-electron chi connectivity index (χ4n) is 3.21. The Bertz CT molecular complexity index is 782. The quantitative estimate of drug-likeness (QED) is 0.601. The zero-order chi connectivity index (χ0) is 17.1. The van der Waals surface area contributed by atoms with Gasteiger partial charge in [-0.1, -0.05) is 23.9 Å². The lowest BCUT2D eigenvalue weighted by Crippen LogP contribution is -2.30. The molecule has 25 heavy (non-hydrogen) atoms. The fraction of sp³-hybridized carbons (Fsp3) is 0.556. The number of aromatic nitrogens is 2. The summed E-state index contributed by atoms with van der Waals surface area (Å²) >= 11 is 1.58. The number of nitrogens with zero attached hydrogens (tertiary/aromatic N) is 2. The molecule has 2 aliphatic rings. The summed E-state index contributed by atoms with van der Waals surface area (Å²) in [6.45, 7) is 2.41. The molecule has 1 aromatic heterocycles. The van der Waals surface area contributed by atoms with E-state index in [0.717, 1.165) is 48.9 Å². The number of hydrogen-bond donors (Lipinski definition) is 0. The van der Waals surface area contributed by atoms with Gasteiger partial charge in [-0.05, 0) is 31.4 Å². The van der Waals surface area contributed by atoms with Crippen molar-refractivity contribution < 1.29 is 14.2 Å². The minimum absolute atomic E-state index is 0.0106. The lowest BCUT2D eigenvalue weighted by molar-refractivity contribution is -0.130. The monoisotopic (exact) mass is 362 g/mol. The van der Waals surface area contributed by atoms with E-state index in [-0.39, 0.29) is 17.8 Å². The van der Waals surface area contributed by atoms with Crippen molar-refractivity contribution in [1.29, 1.82) is 0 Å². The van der Waals surface area contributed by atoms with Crippen LogP contribution in [0.3, 0.4) is 0 Å². The molecule has 2 aromatic rings.